The molecule has 0 radical (unpaired) electrons. The van der Waals surface area contributed by atoms with Gasteiger partial charge in [-0.1, -0.05) is 24.4 Å². The maximum atomic E-state index is 12.0. The summed E-state index contributed by atoms with van der Waals surface area (Å²) in [5.41, 5.74) is -1.14. The van der Waals surface area contributed by atoms with Crippen LogP contribution < -0.4 is 4.74 Å². The zero-order chi connectivity index (χ0) is 12.6. The third-order valence-corrected chi connectivity index (χ3v) is 3.24. The molecular formula is C12H10O4S. The Morgan fingerprint density at radius 3 is 2.71 bits per heavy atom. The number of ether oxygens (including phenoxy) is 2. The van der Waals surface area contributed by atoms with Crippen molar-refractivity contribution in [3.63, 3.8) is 0 Å². The number of para-hydroxylation sites is 1. The summed E-state index contributed by atoms with van der Waals surface area (Å²) in [6.45, 7) is 1.44. The summed E-state index contributed by atoms with van der Waals surface area (Å²) in [5, 5.41) is 0. The van der Waals surface area contributed by atoms with Crippen LogP contribution in [0.5, 0.6) is 5.75 Å². The topological polar surface area (TPSA) is 52.6 Å². The molecule has 0 saturated heterocycles. The van der Waals surface area contributed by atoms with Crippen molar-refractivity contribution in [2.24, 2.45) is 0 Å². The van der Waals surface area contributed by atoms with Crippen LogP contribution in [0.4, 0.5) is 0 Å². The largest absolute Gasteiger partial charge is 0.469 e. The van der Waals surface area contributed by atoms with Crippen LogP contribution in [0.3, 0.4) is 0 Å². The van der Waals surface area contributed by atoms with Crippen molar-refractivity contribution in [2.75, 3.05) is 7.11 Å². The van der Waals surface area contributed by atoms with E-state index in [0.717, 1.165) is 0 Å². The standard InChI is InChI=1S/C12H10O4S/c1-12(11(14)15-2)10(17)9(13)7-5-3-4-6-8(7)16-12/h3-6H,1-2H3. The number of carbonyl (C=O) groups excluding carboxylic acids is 2. The van der Waals surface area contributed by atoms with Crippen molar-refractivity contribution in [3.05, 3.63) is 29.8 Å². The van der Waals surface area contributed by atoms with Crippen LogP contribution in [-0.2, 0) is 9.53 Å². The molecule has 1 unspecified atom stereocenters. The summed E-state index contributed by atoms with van der Waals surface area (Å²) in [4.78, 5) is 23.6. The molecule has 0 fully saturated rings. The highest BCUT2D eigenvalue weighted by molar-refractivity contribution is 7.82. The molecule has 2 rings (SSSR count). The molecule has 1 atom stereocenters. The first kappa shape index (κ1) is 11.7. The van der Waals surface area contributed by atoms with Gasteiger partial charge in [-0.15, -0.1) is 0 Å². The number of methoxy groups -OCH3 is 1. The molecule has 0 aromatic heterocycles. The second-order valence-electron chi connectivity index (χ2n) is 3.78. The molecule has 0 aliphatic carbocycles. The molecule has 0 bridgehead atoms. The van der Waals surface area contributed by atoms with Gasteiger partial charge in [0.25, 0.3) is 0 Å². The summed E-state index contributed by atoms with van der Waals surface area (Å²) in [7, 11) is 1.23. The molecule has 88 valence electrons. The molecule has 1 aromatic carbocycles. The maximum Gasteiger partial charge on any atom is 0.355 e. The van der Waals surface area contributed by atoms with Crippen molar-refractivity contribution in [3.8, 4) is 5.75 Å². The normalized spacial score (nSPS) is 22.7. The zero-order valence-corrected chi connectivity index (χ0v) is 10.2. The minimum atomic E-state index is -1.52. The monoisotopic (exact) mass is 250 g/mol. The summed E-state index contributed by atoms with van der Waals surface area (Å²) in [6.07, 6.45) is 0. The lowest BCUT2D eigenvalue weighted by molar-refractivity contribution is -0.152. The Balaban J connectivity index is 2.55. The number of esters is 1. The SMILES string of the molecule is COC(=O)C1(C)Oc2ccccc2C(=O)C1=S. The Hall–Kier alpha value is -1.75. The number of benzene rings is 1. The number of hydrogen-bond donors (Lipinski definition) is 0. The molecule has 0 amide bonds. The van der Waals surface area contributed by atoms with E-state index in [-0.39, 0.29) is 10.6 Å². The van der Waals surface area contributed by atoms with Crippen LogP contribution in [0.25, 0.3) is 0 Å². The molecule has 1 aliphatic heterocycles. The molecule has 1 aromatic rings. The number of thiocarbonyl (C=S) groups is 1. The lowest BCUT2D eigenvalue weighted by atomic mass is 9.91. The third-order valence-electron chi connectivity index (χ3n) is 2.66. The minimum Gasteiger partial charge on any atom is -0.469 e. The van der Waals surface area contributed by atoms with Gasteiger partial charge in [0, 0.05) is 0 Å². The van der Waals surface area contributed by atoms with Gasteiger partial charge in [-0.3, -0.25) is 4.79 Å². The van der Waals surface area contributed by atoms with Crippen molar-refractivity contribution in [2.45, 2.75) is 12.5 Å². The fourth-order valence-corrected chi connectivity index (χ4v) is 1.91. The van der Waals surface area contributed by atoms with Gasteiger partial charge in [0.2, 0.25) is 11.4 Å². The van der Waals surface area contributed by atoms with Crippen molar-refractivity contribution >= 4 is 28.8 Å². The Kier molecular flexibility index (Phi) is 2.71. The lowest BCUT2D eigenvalue weighted by Gasteiger charge is -2.32. The highest BCUT2D eigenvalue weighted by atomic mass is 32.1. The zero-order valence-electron chi connectivity index (χ0n) is 9.35. The fourth-order valence-electron chi connectivity index (χ4n) is 1.68. The van der Waals surface area contributed by atoms with Gasteiger partial charge in [-0.05, 0) is 19.1 Å². The summed E-state index contributed by atoms with van der Waals surface area (Å²) in [5.74, 6) is -0.695. The summed E-state index contributed by atoms with van der Waals surface area (Å²) >= 11 is 5.01. The van der Waals surface area contributed by atoms with Crippen LogP contribution in [0.15, 0.2) is 24.3 Å². The third kappa shape index (κ3) is 1.63. The van der Waals surface area contributed by atoms with E-state index in [2.05, 4.69) is 4.74 Å². The molecule has 1 heterocycles. The average Bonchev–Trinajstić information content (AvgIpc) is 2.35. The van der Waals surface area contributed by atoms with E-state index in [9.17, 15) is 9.59 Å². The average molecular weight is 250 g/mol. The molecule has 1 aliphatic rings. The summed E-state index contributed by atoms with van der Waals surface area (Å²) < 4.78 is 10.1. The predicted octanol–water partition coefficient (Wildman–Crippen LogP) is 1.56. The molecule has 0 N–H and O–H groups in total. The van der Waals surface area contributed by atoms with Gasteiger partial charge in [0.15, 0.2) is 0 Å². The van der Waals surface area contributed by atoms with Gasteiger partial charge in [0.05, 0.1) is 12.7 Å². The number of Topliss-reactive ketones (excluding diaryl/α,β-unsaturated/α-hetero) is 1. The van der Waals surface area contributed by atoms with Gasteiger partial charge in [0.1, 0.15) is 10.6 Å². The molecular weight excluding hydrogens is 240 g/mol. The number of ketones is 1. The van der Waals surface area contributed by atoms with E-state index < -0.39 is 11.6 Å². The first-order valence-electron chi connectivity index (χ1n) is 4.96. The number of hydrogen-bond acceptors (Lipinski definition) is 5. The van der Waals surface area contributed by atoms with E-state index in [1.54, 1.807) is 24.3 Å². The van der Waals surface area contributed by atoms with Gasteiger partial charge in [-0.25, -0.2) is 4.79 Å². The number of fused-ring (bicyclic) bond motifs is 1. The van der Waals surface area contributed by atoms with Crippen molar-refractivity contribution in [1.29, 1.82) is 0 Å². The fraction of sp³-hybridized carbons (Fsp3) is 0.250. The van der Waals surface area contributed by atoms with Crippen LogP contribution >= 0.6 is 12.2 Å². The van der Waals surface area contributed by atoms with Gasteiger partial charge in [-0.2, -0.15) is 0 Å². The molecule has 0 spiro atoms. The second kappa shape index (κ2) is 3.92. The first-order chi connectivity index (χ1) is 8.00. The van der Waals surface area contributed by atoms with Crippen LogP contribution in [-0.4, -0.2) is 29.3 Å². The Morgan fingerprint density at radius 1 is 1.41 bits per heavy atom. The highest BCUT2D eigenvalue weighted by Crippen LogP contribution is 2.32. The highest BCUT2D eigenvalue weighted by Gasteiger charge is 2.48. The summed E-state index contributed by atoms with van der Waals surface area (Å²) in [6, 6.07) is 6.67. The van der Waals surface area contributed by atoms with E-state index >= 15 is 0 Å². The van der Waals surface area contributed by atoms with E-state index in [4.69, 9.17) is 17.0 Å². The molecule has 5 heteroatoms. The van der Waals surface area contributed by atoms with Gasteiger partial charge >= 0.3 is 5.97 Å². The molecule has 4 nitrogen and oxygen atoms in total. The van der Waals surface area contributed by atoms with Crippen LogP contribution in [0.2, 0.25) is 0 Å². The lowest BCUT2D eigenvalue weighted by Crippen LogP contribution is -2.54. The predicted molar refractivity (Wildman–Crippen MR) is 64.4 cm³/mol. The number of rotatable bonds is 1. The second-order valence-corrected chi connectivity index (χ2v) is 4.19. The van der Waals surface area contributed by atoms with Crippen molar-refractivity contribution < 1.29 is 19.1 Å². The Bertz CT molecular complexity index is 523. The van der Waals surface area contributed by atoms with E-state index in [1.807, 2.05) is 0 Å². The van der Waals surface area contributed by atoms with Crippen LogP contribution in [0.1, 0.15) is 17.3 Å². The number of carbonyl (C=O) groups is 2. The van der Waals surface area contributed by atoms with Crippen molar-refractivity contribution in [1.82, 2.24) is 0 Å². The Labute approximate surface area is 104 Å². The molecule has 0 saturated carbocycles. The maximum absolute atomic E-state index is 12.0. The van der Waals surface area contributed by atoms with E-state index in [1.165, 1.54) is 14.0 Å². The van der Waals surface area contributed by atoms with Gasteiger partial charge < -0.3 is 9.47 Å². The first-order valence-corrected chi connectivity index (χ1v) is 5.37. The van der Waals surface area contributed by atoms with Crippen LogP contribution in [0, 0.1) is 0 Å². The molecule has 17 heavy (non-hydrogen) atoms. The Morgan fingerprint density at radius 2 is 2.06 bits per heavy atom. The smallest absolute Gasteiger partial charge is 0.355 e. The van der Waals surface area contributed by atoms with E-state index in [0.29, 0.717) is 11.3 Å². The minimum absolute atomic E-state index is 0.0805. The quantitative estimate of drug-likeness (QED) is 0.559.